The highest BCUT2D eigenvalue weighted by Crippen LogP contribution is 2.24. The molecular formula is C17H16BrClN2O4. The number of carbonyl (C=O) groups excluding carboxylic acids is 2. The van der Waals surface area contributed by atoms with Crippen LogP contribution in [0.5, 0.6) is 11.5 Å². The first-order valence-electron chi connectivity index (χ1n) is 7.34. The second-order valence-electron chi connectivity index (χ2n) is 4.97. The molecule has 0 aromatic heterocycles. The van der Waals surface area contributed by atoms with Gasteiger partial charge in [0.05, 0.1) is 5.02 Å². The van der Waals surface area contributed by atoms with E-state index in [1.807, 2.05) is 0 Å². The molecule has 0 fully saturated rings. The molecule has 0 heterocycles. The van der Waals surface area contributed by atoms with Crippen molar-refractivity contribution in [3.63, 3.8) is 0 Å². The van der Waals surface area contributed by atoms with Crippen molar-refractivity contribution in [3.05, 3.63) is 58.0 Å². The molecule has 2 aromatic rings. The largest absolute Gasteiger partial charge is 0.484 e. The van der Waals surface area contributed by atoms with Gasteiger partial charge in [-0.15, -0.1) is 0 Å². The highest BCUT2D eigenvalue weighted by atomic mass is 79.9. The van der Waals surface area contributed by atoms with Crippen LogP contribution < -0.4 is 20.3 Å². The molecule has 0 aliphatic heterocycles. The first kappa shape index (κ1) is 19.1. The van der Waals surface area contributed by atoms with Crippen molar-refractivity contribution in [1.82, 2.24) is 10.9 Å². The van der Waals surface area contributed by atoms with Crippen molar-refractivity contribution in [2.75, 3.05) is 6.61 Å². The standard InChI is InChI=1S/C17H16BrClN2O4/c1-11(25-15-5-3-2-4-14(15)19)17(23)21-20-16(22)10-24-13-8-6-12(18)7-9-13/h2-9,11H,10H2,1H3,(H,20,22)(H,21,23). The molecule has 2 amide bonds. The van der Waals surface area contributed by atoms with E-state index in [2.05, 4.69) is 26.8 Å². The van der Waals surface area contributed by atoms with Crippen molar-refractivity contribution >= 4 is 39.3 Å². The predicted octanol–water partition coefficient (Wildman–Crippen LogP) is 3.10. The van der Waals surface area contributed by atoms with E-state index >= 15 is 0 Å². The summed E-state index contributed by atoms with van der Waals surface area (Å²) in [5.74, 6) is -0.0880. The van der Waals surface area contributed by atoms with E-state index < -0.39 is 17.9 Å². The van der Waals surface area contributed by atoms with Gasteiger partial charge in [0.25, 0.3) is 11.8 Å². The minimum Gasteiger partial charge on any atom is -0.484 e. The van der Waals surface area contributed by atoms with E-state index in [4.69, 9.17) is 21.1 Å². The summed E-state index contributed by atoms with van der Waals surface area (Å²) in [5, 5.41) is 0.397. The van der Waals surface area contributed by atoms with E-state index in [-0.39, 0.29) is 6.61 Å². The molecule has 0 spiro atoms. The van der Waals surface area contributed by atoms with Gasteiger partial charge in [0.15, 0.2) is 12.7 Å². The quantitative estimate of drug-likeness (QED) is 0.695. The summed E-state index contributed by atoms with van der Waals surface area (Å²) < 4.78 is 11.6. The van der Waals surface area contributed by atoms with Crippen LogP contribution in [0.15, 0.2) is 53.0 Å². The van der Waals surface area contributed by atoms with Crippen LogP contribution in [0.25, 0.3) is 0 Å². The van der Waals surface area contributed by atoms with Crippen LogP contribution in [0.3, 0.4) is 0 Å². The zero-order valence-electron chi connectivity index (χ0n) is 13.3. The normalized spacial score (nSPS) is 11.3. The van der Waals surface area contributed by atoms with Crippen molar-refractivity contribution in [1.29, 1.82) is 0 Å². The molecule has 0 saturated heterocycles. The molecule has 0 saturated carbocycles. The van der Waals surface area contributed by atoms with Gasteiger partial charge in [0.1, 0.15) is 11.5 Å². The van der Waals surface area contributed by atoms with Crippen molar-refractivity contribution < 1.29 is 19.1 Å². The number of amides is 2. The molecule has 1 atom stereocenters. The van der Waals surface area contributed by atoms with Gasteiger partial charge in [-0.1, -0.05) is 39.7 Å². The monoisotopic (exact) mass is 426 g/mol. The topological polar surface area (TPSA) is 76.7 Å². The van der Waals surface area contributed by atoms with Crippen molar-refractivity contribution in [2.24, 2.45) is 0 Å². The molecule has 2 N–H and O–H groups in total. The number of carbonyl (C=O) groups is 2. The van der Waals surface area contributed by atoms with E-state index in [1.165, 1.54) is 0 Å². The summed E-state index contributed by atoms with van der Waals surface area (Å²) >= 11 is 9.27. The maximum Gasteiger partial charge on any atom is 0.279 e. The van der Waals surface area contributed by atoms with E-state index in [1.54, 1.807) is 55.5 Å². The average molecular weight is 428 g/mol. The third kappa shape index (κ3) is 6.28. The van der Waals surface area contributed by atoms with Gasteiger partial charge in [-0.2, -0.15) is 0 Å². The minimum absolute atomic E-state index is 0.234. The molecule has 8 heteroatoms. The molecule has 0 bridgehead atoms. The first-order valence-corrected chi connectivity index (χ1v) is 8.51. The van der Waals surface area contributed by atoms with Crippen LogP contribution in [-0.4, -0.2) is 24.5 Å². The fraction of sp³-hybridized carbons (Fsp3) is 0.176. The molecular weight excluding hydrogens is 412 g/mol. The van der Waals surface area contributed by atoms with Crippen LogP contribution >= 0.6 is 27.5 Å². The van der Waals surface area contributed by atoms with Crippen LogP contribution in [0, 0.1) is 0 Å². The Morgan fingerprint density at radius 1 is 1.12 bits per heavy atom. The number of hydrogen-bond donors (Lipinski definition) is 2. The number of halogens is 2. The Morgan fingerprint density at radius 2 is 1.80 bits per heavy atom. The lowest BCUT2D eigenvalue weighted by molar-refractivity contribution is -0.133. The van der Waals surface area contributed by atoms with Crippen LogP contribution in [0.4, 0.5) is 0 Å². The number of benzene rings is 2. The Labute approximate surface area is 158 Å². The molecule has 0 radical (unpaired) electrons. The van der Waals surface area contributed by atoms with Crippen LogP contribution in [0.1, 0.15) is 6.92 Å². The molecule has 0 aliphatic carbocycles. The number of ether oxygens (including phenoxy) is 2. The van der Waals surface area contributed by atoms with Gasteiger partial charge in [0, 0.05) is 4.47 Å². The summed E-state index contributed by atoms with van der Waals surface area (Å²) in [6.07, 6.45) is -0.840. The molecule has 2 rings (SSSR count). The average Bonchev–Trinajstić information content (AvgIpc) is 2.61. The Morgan fingerprint density at radius 3 is 2.48 bits per heavy atom. The number of hydrogen-bond acceptors (Lipinski definition) is 4. The highest BCUT2D eigenvalue weighted by Gasteiger charge is 2.16. The lowest BCUT2D eigenvalue weighted by Gasteiger charge is -2.16. The maximum atomic E-state index is 11.9. The van der Waals surface area contributed by atoms with Gasteiger partial charge in [-0.3, -0.25) is 20.4 Å². The third-order valence-electron chi connectivity index (χ3n) is 3.02. The van der Waals surface area contributed by atoms with Gasteiger partial charge in [-0.05, 0) is 43.3 Å². The molecule has 1 unspecified atom stereocenters. The van der Waals surface area contributed by atoms with E-state index in [9.17, 15) is 9.59 Å². The molecule has 0 aliphatic rings. The number of rotatable bonds is 6. The lowest BCUT2D eigenvalue weighted by Crippen LogP contribution is -2.48. The van der Waals surface area contributed by atoms with Gasteiger partial charge in [-0.25, -0.2) is 0 Å². The van der Waals surface area contributed by atoms with Crippen LogP contribution in [-0.2, 0) is 9.59 Å². The molecule has 6 nitrogen and oxygen atoms in total. The lowest BCUT2D eigenvalue weighted by atomic mass is 10.3. The predicted molar refractivity (Wildman–Crippen MR) is 97.5 cm³/mol. The summed E-state index contributed by atoms with van der Waals surface area (Å²) in [4.78, 5) is 23.6. The summed E-state index contributed by atoms with van der Waals surface area (Å²) in [6, 6.07) is 13.8. The minimum atomic E-state index is -0.840. The summed E-state index contributed by atoms with van der Waals surface area (Å²) in [6.45, 7) is 1.31. The van der Waals surface area contributed by atoms with Gasteiger partial charge in [0.2, 0.25) is 0 Å². The smallest absolute Gasteiger partial charge is 0.279 e. The zero-order chi connectivity index (χ0) is 18.2. The molecule has 25 heavy (non-hydrogen) atoms. The number of hydrazine groups is 1. The third-order valence-corrected chi connectivity index (χ3v) is 3.86. The van der Waals surface area contributed by atoms with Gasteiger partial charge < -0.3 is 9.47 Å². The van der Waals surface area contributed by atoms with Gasteiger partial charge >= 0.3 is 0 Å². The van der Waals surface area contributed by atoms with E-state index in [0.717, 1.165) is 4.47 Å². The highest BCUT2D eigenvalue weighted by molar-refractivity contribution is 9.10. The molecule has 132 valence electrons. The number of para-hydroxylation sites is 1. The van der Waals surface area contributed by atoms with Crippen molar-refractivity contribution in [2.45, 2.75) is 13.0 Å². The van der Waals surface area contributed by atoms with E-state index in [0.29, 0.717) is 16.5 Å². The van der Waals surface area contributed by atoms with Crippen molar-refractivity contribution in [3.8, 4) is 11.5 Å². The number of nitrogens with one attached hydrogen (secondary N) is 2. The van der Waals surface area contributed by atoms with Crippen LogP contribution in [0.2, 0.25) is 5.02 Å². The SMILES string of the molecule is CC(Oc1ccccc1Cl)C(=O)NNC(=O)COc1ccc(Br)cc1. The zero-order valence-corrected chi connectivity index (χ0v) is 15.6. The summed E-state index contributed by atoms with van der Waals surface area (Å²) in [7, 11) is 0. The Kier molecular flexibility index (Phi) is 7.09. The second kappa shape index (κ2) is 9.29. The summed E-state index contributed by atoms with van der Waals surface area (Å²) in [5.41, 5.74) is 4.53. The molecule has 2 aromatic carbocycles. The first-order chi connectivity index (χ1) is 12.0. The Bertz CT molecular complexity index is 740. The maximum absolute atomic E-state index is 11.9. The second-order valence-corrected chi connectivity index (χ2v) is 6.29. The fourth-order valence-electron chi connectivity index (χ4n) is 1.73. The Hall–Kier alpha value is -2.25. The Balaban J connectivity index is 1.74. The fourth-order valence-corrected chi connectivity index (χ4v) is 2.18.